The fourth-order valence-corrected chi connectivity index (χ4v) is 2.52. The highest BCUT2D eigenvalue weighted by Gasteiger charge is 2.28. The van der Waals surface area contributed by atoms with Crippen molar-refractivity contribution < 1.29 is 9.59 Å². The van der Waals surface area contributed by atoms with Gasteiger partial charge >= 0.3 is 0 Å². The molecule has 0 saturated carbocycles. The summed E-state index contributed by atoms with van der Waals surface area (Å²) in [5, 5.41) is 2.67. The van der Waals surface area contributed by atoms with Crippen LogP contribution in [0.15, 0.2) is 18.6 Å². The van der Waals surface area contributed by atoms with Gasteiger partial charge in [0.1, 0.15) is 0 Å². The summed E-state index contributed by atoms with van der Waals surface area (Å²) in [5.74, 6) is -0.254. The van der Waals surface area contributed by atoms with E-state index < -0.39 is 0 Å². The summed E-state index contributed by atoms with van der Waals surface area (Å²) >= 11 is 0. The van der Waals surface area contributed by atoms with Crippen LogP contribution in [-0.4, -0.2) is 64.8 Å². The quantitative estimate of drug-likeness (QED) is 0.812. The number of carbonyl (C=O) groups is 2. The molecule has 0 radical (unpaired) electrons. The van der Waals surface area contributed by atoms with Crippen LogP contribution in [0.4, 0.5) is 0 Å². The van der Waals surface area contributed by atoms with E-state index in [1.54, 1.807) is 37.5 Å². The number of rotatable bonds is 3. The summed E-state index contributed by atoms with van der Waals surface area (Å²) in [6.45, 7) is 4.60. The lowest BCUT2D eigenvalue weighted by Gasteiger charge is -2.22. The van der Waals surface area contributed by atoms with Crippen LogP contribution in [0.25, 0.3) is 0 Å². The van der Waals surface area contributed by atoms with Crippen LogP contribution in [0.3, 0.4) is 0 Å². The average molecular weight is 291 g/mol. The second-order valence-corrected chi connectivity index (χ2v) is 5.21. The molecule has 1 N–H and O–H groups in total. The van der Waals surface area contributed by atoms with Crippen molar-refractivity contribution in [3.05, 3.63) is 24.3 Å². The molecular formula is C14H21N5O2. The largest absolute Gasteiger partial charge is 0.359 e. The molecule has 21 heavy (non-hydrogen) atoms. The van der Waals surface area contributed by atoms with Crippen molar-refractivity contribution >= 4 is 11.8 Å². The van der Waals surface area contributed by atoms with Crippen molar-refractivity contribution in [2.24, 2.45) is 5.92 Å². The van der Waals surface area contributed by atoms with Crippen molar-refractivity contribution in [2.45, 2.75) is 13.5 Å². The number of hydrogen-bond acceptors (Lipinski definition) is 5. The standard InChI is InChI=1S/C14H21N5O2/c1-11(20)19-6-5-18(8-12(9-19)14(21)15-2)10-13-7-16-3-4-17-13/h3-4,7,12H,5-6,8-10H2,1-2H3,(H,15,21)/t12-/m0/s1. The topological polar surface area (TPSA) is 78.4 Å². The van der Waals surface area contributed by atoms with Crippen LogP contribution in [0.1, 0.15) is 12.6 Å². The van der Waals surface area contributed by atoms with Crippen molar-refractivity contribution in [2.75, 3.05) is 33.2 Å². The lowest BCUT2D eigenvalue weighted by molar-refractivity contribution is -0.130. The van der Waals surface area contributed by atoms with Gasteiger partial charge in [0.05, 0.1) is 11.6 Å². The van der Waals surface area contributed by atoms with Gasteiger partial charge in [0.25, 0.3) is 0 Å². The molecule has 0 unspecified atom stereocenters. The Labute approximate surface area is 124 Å². The Balaban J connectivity index is 2.08. The lowest BCUT2D eigenvalue weighted by Crippen LogP contribution is -2.40. The van der Waals surface area contributed by atoms with Crippen molar-refractivity contribution in [1.82, 2.24) is 25.1 Å². The SMILES string of the molecule is CNC(=O)[C@H]1CN(Cc2cnccn2)CCN(C(C)=O)C1. The maximum atomic E-state index is 12.0. The van der Waals surface area contributed by atoms with Gasteiger partial charge in [0.15, 0.2) is 0 Å². The highest BCUT2D eigenvalue weighted by atomic mass is 16.2. The van der Waals surface area contributed by atoms with Crippen LogP contribution in [0.5, 0.6) is 0 Å². The van der Waals surface area contributed by atoms with Crippen molar-refractivity contribution in [1.29, 1.82) is 0 Å². The van der Waals surface area contributed by atoms with Crippen molar-refractivity contribution in [3.63, 3.8) is 0 Å². The van der Waals surface area contributed by atoms with Gasteiger partial charge in [0, 0.05) is 65.3 Å². The molecule has 1 aliphatic rings. The Hall–Kier alpha value is -2.02. The van der Waals surface area contributed by atoms with E-state index in [0.717, 1.165) is 12.2 Å². The molecule has 7 nitrogen and oxygen atoms in total. The first-order valence-electron chi connectivity index (χ1n) is 7.04. The predicted octanol–water partition coefficient (Wildman–Crippen LogP) is -0.497. The Morgan fingerprint density at radius 2 is 2.14 bits per heavy atom. The molecule has 1 aliphatic heterocycles. The first kappa shape index (κ1) is 15.4. The maximum absolute atomic E-state index is 12.0. The monoisotopic (exact) mass is 291 g/mol. The molecule has 114 valence electrons. The Morgan fingerprint density at radius 1 is 1.33 bits per heavy atom. The van der Waals surface area contributed by atoms with E-state index in [0.29, 0.717) is 26.2 Å². The second-order valence-electron chi connectivity index (χ2n) is 5.21. The Bertz CT molecular complexity index is 493. The molecule has 1 atom stereocenters. The molecule has 2 heterocycles. The minimum absolute atomic E-state index is 0.00487. The fraction of sp³-hybridized carbons (Fsp3) is 0.571. The van der Waals surface area contributed by atoms with E-state index in [2.05, 4.69) is 20.2 Å². The Kier molecular flexibility index (Phi) is 5.21. The van der Waals surface area contributed by atoms with E-state index >= 15 is 0 Å². The molecule has 1 fully saturated rings. The molecule has 1 aromatic heterocycles. The molecule has 0 aromatic carbocycles. The number of nitrogens with one attached hydrogen (secondary N) is 1. The van der Waals surface area contributed by atoms with E-state index in [1.807, 2.05) is 0 Å². The number of hydrogen-bond donors (Lipinski definition) is 1. The van der Waals surface area contributed by atoms with Gasteiger partial charge in [-0.2, -0.15) is 0 Å². The van der Waals surface area contributed by atoms with Crippen LogP contribution in [0.2, 0.25) is 0 Å². The molecule has 1 saturated heterocycles. The van der Waals surface area contributed by atoms with Gasteiger partial charge in [-0.05, 0) is 0 Å². The summed E-state index contributed by atoms with van der Waals surface area (Å²) in [7, 11) is 1.62. The smallest absolute Gasteiger partial charge is 0.225 e. The average Bonchev–Trinajstić information content (AvgIpc) is 2.70. The van der Waals surface area contributed by atoms with Gasteiger partial charge in [-0.1, -0.05) is 0 Å². The zero-order valence-electron chi connectivity index (χ0n) is 12.5. The molecular weight excluding hydrogens is 270 g/mol. The molecule has 7 heteroatoms. The summed E-state index contributed by atoms with van der Waals surface area (Å²) in [4.78, 5) is 35.8. The molecule has 0 aliphatic carbocycles. The third-order valence-corrected chi connectivity index (χ3v) is 3.67. The van der Waals surface area contributed by atoms with Gasteiger partial charge in [0.2, 0.25) is 11.8 Å². The van der Waals surface area contributed by atoms with E-state index in [9.17, 15) is 9.59 Å². The molecule has 0 spiro atoms. The van der Waals surface area contributed by atoms with Crippen molar-refractivity contribution in [3.8, 4) is 0 Å². The summed E-state index contributed by atoms with van der Waals surface area (Å²) in [6, 6.07) is 0. The summed E-state index contributed by atoms with van der Waals surface area (Å²) in [6.07, 6.45) is 5.02. The zero-order chi connectivity index (χ0) is 15.2. The summed E-state index contributed by atoms with van der Waals surface area (Å²) < 4.78 is 0. The van der Waals surface area contributed by atoms with Crippen LogP contribution >= 0.6 is 0 Å². The number of carbonyl (C=O) groups excluding carboxylic acids is 2. The number of amides is 2. The molecule has 2 rings (SSSR count). The van der Waals surface area contributed by atoms with E-state index in [1.165, 1.54) is 0 Å². The fourth-order valence-electron chi connectivity index (χ4n) is 2.52. The molecule has 1 aromatic rings. The third kappa shape index (κ3) is 4.22. The van der Waals surface area contributed by atoms with Gasteiger partial charge in [-0.15, -0.1) is 0 Å². The molecule has 0 bridgehead atoms. The van der Waals surface area contributed by atoms with Gasteiger partial charge in [-0.3, -0.25) is 24.5 Å². The number of aromatic nitrogens is 2. The first-order valence-corrected chi connectivity index (χ1v) is 7.04. The normalized spacial score (nSPS) is 19.9. The maximum Gasteiger partial charge on any atom is 0.225 e. The first-order chi connectivity index (χ1) is 10.1. The Morgan fingerprint density at radius 3 is 2.76 bits per heavy atom. The summed E-state index contributed by atoms with van der Waals surface area (Å²) in [5.41, 5.74) is 0.865. The van der Waals surface area contributed by atoms with Crippen LogP contribution < -0.4 is 5.32 Å². The van der Waals surface area contributed by atoms with Gasteiger partial charge < -0.3 is 10.2 Å². The zero-order valence-corrected chi connectivity index (χ0v) is 12.5. The highest BCUT2D eigenvalue weighted by Crippen LogP contribution is 2.12. The van der Waals surface area contributed by atoms with Crippen LogP contribution in [0, 0.1) is 5.92 Å². The number of nitrogens with zero attached hydrogens (tertiary/aromatic N) is 4. The second kappa shape index (κ2) is 7.12. The lowest BCUT2D eigenvalue weighted by atomic mass is 10.1. The minimum atomic E-state index is -0.224. The molecule has 2 amide bonds. The van der Waals surface area contributed by atoms with E-state index in [-0.39, 0.29) is 17.7 Å². The van der Waals surface area contributed by atoms with E-state index in [4.69, 9.17) is 0 Å². The highest BCUT2D eigenvalue weighted by molar-refractivity contribution is 5.80. The third-order valence-electron chi connectivity index (χ3n) is 3.67. The minimum Gasteiger partial charge on any atom is -0.359 e. The predicted molar refractivity (Wildman–Crippen MR) is 77.1 cm³/mol. The van der Waals surface area contributed by atoms with Gasteiger partial charge in [-0.25, -0.2) is 0 Å². The van der Waals surface area contributed by atoms with Crippen LogP contribution in [-0.2, 0) is 16.1 Å².